The monoisotopic (exact) mass is 320 g/mol. The van der Waals surface area contributed by atoms with Crippen LogP contribution in [0.25, 0.3) is 0 Å². The third-order valence-electron chi connectivity index (χ3n) is 2.80. The highest BCUT2D eigenvalue weighted by atomic mass is 35.5. The van der Waals surface area contributed by atoms with Gasteiger partial charge in [-0.2, -0.15) is 0 Å². The lowest BCUT2D eigenvalue weighted by atomic mass is 10.3. The van der Waals surface area contributed by atoms with Crippen LogP contribution in [0.15, 0.2) is 36.5 Å². The van der Waals surface area contributed by atoms with Crippen molar-refractivity contribution in [3.05, 3.63) is 47.2 Å². The first-order valence-corrected chi connectivity index (χ1v) is 7.19. The predicted octanol–water partition coefficient (Wildman–Crippen LogP) is 2.83. The van der Waals surface area contributed by atoms with E-state index in [0.29, 0.717) is 35.5 Å². The molecule has 0 fully saturated rings. The number of amides is 1. The number of hydrogen-bond donors (Lipinski definition) is 2. The Balaban J connectivity index is 1.96. The molecule has 1 heterocycles. The molecule has 0 unspecified atom stereocenters. The van der Waals surface area contributed by atoms with E-state index >= 15 is 0 Å². The first-order chi connectivity index (χ1) is 10.7. The van der Waals surface area contributed by atoms with Gasteiger partial charge in [-0.1, -0.05) is 11.6 Å². The number of methoxy groups -OCH3 is 1. The fourth-order valence-electron chi connectivity index (χ4n) is 1.72. The first-order valence-electron chi connectivity index (χ1n) is 6.82. The quantitative estimate of drug-likeness (QED) is 0.767. The zero-order chi connectivity index (χ0) is 15.8. The summed E-state index contributed by atoms with van der Waals surface area (Å²) >= 11 is 5.81. The summed E-state index contributed by atoms with van der Waals surface area (Å²) in [7, 11) is 1.65. The number of hydrogen-bond acceptors (Lipinski definition) is 5. The number of aromatic nitrogens is 2. The molecule has 2 rings (SSSR count). The Hall–Kier alpha value is -2.18. The maximum atomic E-state index is 12.1. The third-order valence-corrected chi connectivity index (χ3v) is 3.05. The molecule has 0 aliphatic heterocycles. The fourth-order valence-corrected chi connectivity index (χ4v) is 1.84. The smallest absolute Gasteiger partial charge is 0.274 e. The van der Waals surface area contributed by atoms with E-state index in [-0.39, 0.29) is 5.91 Å². The number of halogens is 1. The standard InChI is InChI=1S/C15H17ClN4O2/c1-22-10-2-8-17-15-18-9-7-13(20-15)14(21)19-12-5-3-11(16)4-6-12/h3-7,9H,2,8,10H2,1H3,(H,19,21)(H,17,18,20). The molecular weight excluding hydrogens is 304 g/mol. The Bertz CT molecular complexity index is 619. The second-order valence-electron chi connectivity index (χ2n) is 4.50. The van der Waals surface area contributed by atoms with Gasteiger partial charge in [0, 0.05) is 37.2 Å². The number of rotatable bonds is 7. The normalized spacial score (nSPS) is 10.3. The second kappa shape index (κ2) is 8.31. The number of ether oxygens (including phenoxy) is 1. The molecule has 1 aromatic heterocycles. The molecule has 1 amide bonds. The van der Waals surface area contributed by atoms with Gasteiger partial charge in [0.25, 0.3) is 5.91 Å². The molecule has 116 valence electrons. The van der Waals surface area contributed by atoms with Crippen molar-refractivity contribution in [2.24, 2.45) is 0 Å². The van der Waals surface area contributed by atoms with Crippen LogP contribution in [0.4, 0.5) is 11.6 Å². The van der Waals surface area contributed by atoms with Crippen molar-refractivity contribution >= 4 is 29.1 Å². The van der Waals surface area contributed by atoms with Crippen LogP contribution in [0.3, 0.4) is 0 Å². The fraction of sp³-hybridized carbons (Fsp3) is 0.267. The largest absolute Gasteiger partial charge is 0.385 e. The maximum absolute atomic E-state index is 12.1. The van der Waals surface area contributed by atoms with Crippen molar-refractivity contribution in [1.82, 2.24) is 9.97 Å². The lowest BCUT2D eigenvalue weighted by Gasteiger charge is -2.07. The Morgan fingerprint density at radius 2 is 2.05 bits per heavy atom. The molecule has 0 bridgehead atoms. The van der Waals surface area contributed by atoms with Crippen LogP contribution in [0.2, 0.25) is 5.02 Å². The molecule has 2 aromatic rings. The molecule has 0 aliphatic rings. The van der Waals surface area contributed by atoms with E-state index in [9.17, 15) is 4.79 Å². The maximum Gasteiger partial charge on any atom is 0.274 e. The van der Waals surface area contributed by atoms with Gasteiger partial charge in [0.05, 0.1) is 0 Å². The zero-order valence-electron chi connectivity index (χ0n) is 12.2. The molecule has 0 radical (unpaired) electrons. The topological polar surface area (TPSA) is 76.1 Å². The minimum Gasteiger partial charge on any atom is -0.385 e. The number of anilines is 2. The summed E-state index contributed by atoms with van der Waals surface area (Å²) in [6, 6.07) is 8.43. The Labute approximate surface area is 133 Å². The van der Waals surface area contributed by atoms with Gasteiger partial charge in [-0.25, -0.2) is 9.97 Å². The van der Waals surface area contributed by atoms with E-state index in [4.69, 9.17) is 16.3 Å². The number of nitrogens with zero attached hydrogens (tertiary/aromatic N) is 2. The van der Waals surface area contributed by atoms with Gasteiger partial charge < -0.3 is 15.4 Å². The van der Waals surface area contributed by atoms with Crippen molar-refractivity contribution in [3.63, 3.8) is 0 Å². The van der Waals surface area contributed by atoms with Crippen LogP contribution in [0, 0.1) is 0 Å². The van der Waals surface area contributed by atoms with E-state index < -0.39 is 0 Å². The first kappa shape index (κ1) is 16.2. The van der Waals surface area contributed by atoms with Gasteiger partial charge in [0.2, 0.25) is 5.95 Å². The Morgan fingerprint density at radius 1 is 1.27 bits per heavy atom. The Kier molecular flexibility index (Phi) is 6.12. The van der Waals surface area contributed by atoms with Gasteiger partial charge >= 0.3 is 0 Å². The van der Waals surface area contributed by atoms with E-state index in [1.807, 2.05) is 0 Å². The molecular formula is C15H17ClN4O2. The second-order valence-corrected chi connectivity index (χ2v) is 4.94. The summed E-state index contributed by atoms with van der Waals surface area (Å²) in [5, 5.41) is 6.41. The van der Waals surface area contributed by atoms with E-state index in [1.54, 1.807) is 43.6 Å². The minimum atomic E-state index is -0.301. The summed E-state index contributed by atoms with van der Waals surface area (Å²) < 4.78 is 4.96. The minimum absolute atomic E-state index is 0.291. The third kappa shape index (κ3) is 4.98. The molecule has 0 aliphatic carbocycles. The summed E-state index contributed by atoms with van der Waals surface area (Å²) in [6.45, 7) is 1.33. The molecule has 6 nitrogen and oxygen atoms in total. The molecule has 0 atom stereocenters. The van der Waals surface area contributed by atoms with Crippen LogP contribution in [0.5, 0.6) is 0 Å². The molecule has 0 saturated carbocycles. The number of carbonyl (C=O) groups is 1. The number of nitrogens with one attached hydrogen (secondary N) is 2. The van der Waals surface area contributed by atoms with Gasteiger partial charge in [-0.3, -0.25) is 4.79 Å². The molecule has 0 spiro atoms. The van der Waals surface area contributed by atoms with Crippen LogP contribution in [-0.4, -0.2) is 36.1 Å². The lowest BCUT2D eigenvalue weighted by molar-refractivity contribution is 0.102. The van der Waals surface area contributed by atoms with E-state index in [1.165, 1.54) is 0 Å². The van der Waals surface area contributed by atoms with Crippen molar-refractivity contribution in [2.75, 3.05) is 30.9 Å². The average molecular weight is 321 g/mol. The van der Waals surface area contributed by atoms with Crippen LogP contribution < -0.4 is 10.6 Å². The van der Waals surface area contributed by atoms with Crippen LogP contribution >= 0.6 is 11.6 Å². The number of carbonyl (C=O) groups excluding carboxylic acids is 1. The number of benzene rings is 1. The Morgan fingerprint density at radius 3 is 2.77 bits per heavy atom. The van der Waals surface area contributed by atoms with E-state index in [0.717, 1.165) is 6.42 Å². The SMILES string of the molecule is COCCCNc1nccc(C(=O)Nc2ccc(Cl)cc2)n1. The van der Waals surface area contributed by atoms with E-state index in [2.05, 4.69) is 20.6 Å². The average Bonchev–Trinajstić information content (AvgIpc) is 2.54. The van der Waals surface area contributed by atoms with Gasteiger partial charge in [0.1, 0.15) is 5.69 Å². The summed E-state index contributed by atoms with van der Waals surface area (Å²) in [5.74, 6) is 0.115. The summed E-state index contributed by atoms with van der Waals surface area (Å²) in [5.41, 5.74) is 0.946. The zero-order valence-corrected chi connectivity index (χ0v) is 12.9. The predicted molar refractivity (Wildman–Crippen MR) is 86.4 cm³/mol. The van der Waals surface area contributed by atoms with Gasteiger partial charge in [0.15, 0.2) is 0 Å². The molecule has 0 saturated heterocycles. The molecule has 22 heavy (non-hydrogen) atoms. The van der Waals surface area contributed by atoms with Crippen molar-refractivity contribution in [3.8, 4) is 0 Å². The van der Waals surface area contributed by atoms with Crippen molar-refractivity contribution in [1.29, 1.82) is 0 Å². The highest BCUT2D eigenvalue weighted by Gasteiger charge is 2.09. The molecule has 7 heteroatoms. The highest BCUT2D eigenvalue weighted by molar-refractivity contribution is 6.30. The lowest BCUT2D eigenvalue weighted by Crippen LogP contribution is -2.15. The van der Waals surface area contributed by atoms with Gasteiger partial charge in [-0.05, 0) is 36.8 Å². The van der Waals surface area contributed by atoms with Crippen molar-refractivity contribution in [2.45, 2.75) is 6.42 Å². The summed E-state index contributed by atoms with van der Waals surface area (Å²) in [6.07, 6.45) is 2.38. The van der Waals surface area contributed by atoms with Crippen molar-refractivity contribution < 1.29 is 9.53 Å². The van der Waals surface area contributed by atoms with Gasteiger partial charge in [-0.15, -0.1) is 0 Å². The summed E-state index contributed by atoms with van der Waals surface area (Å²) in [4.78, 5) is 20.4. The molecule has 2 N–H and O–H groups in total. The van der Waals surface area contributed by atoms with Crippen LogP contribution in [0.1, 0.15) is 16.9 Å². The highest BCUT2D eigenvalue weighted by Crippen LogP contribution is 2.14. The molecule has 1 aromatic carbocycles. The van der Waals surface area contributed by atoms with Crippen LogP contribution in [-0.2, 0) is 4.74 Å².